The SMILES string of the molecule is CCCCCCC(CCCCCC)C1=NNC=C2CCC(OC)CCCC21. The number of nitrogens with zero attached hydrogens (tertiary/aromatic N) is 1. The number of hydrogen-bond donors (Lipinski definition) is 1. The predicted octanol–water partition coefficient (Wildman–Crippen LogP) is 6.98. The number of methoxy groups -OCH3 is 1. The summed E-state index contributed by atoms with van der Waals surface area (Å²) in [6, 6.07) is 0. The lowest BCUT2D eigenvalue weighted by Crippen LogP contribution is -2.33. The molecule has 2 atom stereocenters. The molecule has 0 amide bonds. The van der Waals surface area contributed by atoms with Crippen LogP contribution in [0.3, 0.4) is 0 Å². The summed E-state index contributed by atoms with van der Waals surface area (Å²) in [4.78, 5) is 0. The Morgan fingerprint density at radius 2 is 1.70 bits per heavy atom. The molecule has 0 aromatic rings. The van der Waals surface area contributed by atoms with Crippen molar-refractivity contribution in [3.05, 3.63) is 11.8 Å². The summed E-state index contributed by atoms with van der Waals surface area (Å²) in [6.07, 6.45) is 22.2. The summed E-state index contributed by atoms with van der Waals surface area (Å²) in [7, 11) is 1.87. The molecule has 0 spiro atoms. The van der Waals surface area contributed by atoms with E-state index in [4.69, 9.17) is 9.84 Å². The van der Waals surface area contributed by atoms with Crippen molar-refractivity contribution in [3.8, 4) is 0 Å². The van der Waals surface area contributed by atoms with Crippen LogP contribution in [0.25, 0.3) is 0 Å². The molecule has 27 heavy (non-hydrogen) atoms. The molecule has 3 heteroatoms. The van der Waals surface area contributed by atoms with E-state index in [1.165, 1.54) is 89.2 Å². The molecule has 0 saturated heterocycles. The fourth-order valence-corrected chi connectivity index (χ4v) is 4.85. The van der Waals surface area contributed by atoms with Crippen LogP contribution < -0.4 is 5.43 Å². The third-order valence-electron chi connectivity index (χ3n) is 6.59. The van der Waals surface area contributed by atoms with Crippen molar-refractivity contribution in [3.63, 3.8) is 0 Å². The Morgan fingerprint density at radius 1 is 1.00 bits per heavy atom. The van der Waals surface area contributed by atoms with Gasteiger partial charge in [-0.2, -0.15) is 5.10 Å². The van der Waals surface area contributed by atoms with Crippen LogP contribution in [0.5, 0.6) is 0 Å². The number of ether oxygens (including phenoxy) is 1. The van der Waals surface area contributed by atoms with E-state index in [0.717, 1.165) is 12.8 Å². The van der Waals surface area contributed by atoms with Crippen LogP contribution in [-0.2, 0) is 4.74 Å². The van der Waals surface area contributed by atoms with Crippen molar-refractivity contribution in [1.82, 2.24) is 5.43 Å². The van der Waals surface area contributed by atoms with Gasteiger partial charge < -0.3 is 4.74 Å². The molecule has 2 unspecified atom stereocenters. The van der Waals surface area contributed by atoms with Crippen LogP contribution in [0.15, 0.2) is 16.9 Å². The van der Waals surface area contributed by atoms with Crippen LogP contribution in [0.1, 0.15) is 110 Å². The topological polar surface area (TPSA) is 33.6 Å². The van der Waals surface area contributed by atoms with Crippen molar-refractivity contribution in [2.24, 2.45) is 16.9 Å². The normalized spacial score (nSPS) is 23.1. The molecule has 0 bridgehead atoms. The smallest absolute Gasteiger partial charge is 0.0574 e. The zero-order chi connectivity index (χ0) is 19.3. The van der Waals surface area contributed by atoms with E-state index < -0.39 is 0 Å². The zero-order valence-corrected chi connectivity index (χ0v) is 18.3. The first kappa shape index (κ1) is 22.5. The van der Waals surface area contributed by atoms with Gasteiger partial charge in [-0.1, -0.05) is 65.2 Å². The summed E-state index contributed by atoms with van der Waals surface area (Å²) < 4.78 is 5.65. The highest BCUT2D eigenvalue weighted by molar-refractivity contribution is 5.91. The number of rotatable bonds is 12. The maximum Gasteiger partial charge on any atom is 0.0574 e. The molecule has 0 aromatic heterocycles. The molecule has 0 aromatic carbocycles. The van der Waals surface area contributed by atoms with E-state index in [2.05, 4.69) is 25.5 Å². The molecule has 1 aliphatic carbocycles. The van der Waals surface area contributed by atoms with Gasteiger partial charge in [-0.05, 0) is 56.4 Å². The number of fused-ring (bicyclic) bond motifs is 1. The summed E-state index contributed by atoms with van der Waals surface area (Å²) >= 11 is 0. The molecule has 2 rings (SSSR count). The highest BCUT2D eigenvalue weighted by Gasteiger charge is 2.30. The number of hydrazone groups is 1. The van der Waals surface area contributed by atoms with E-state index in [9.17, 15) is 0 Å². The van der Waals surface area contributed by atoms with E-state index in [0.29, 0.717) is 17.9 Å². The molecule has 1 heterocycles. The van der Waals surface area contributed by atoms with Gasteiger partial charge in [-0.3, -0.25) is 5.43 Å². The number of allylic oxidation sites excluding steroid dienone is 1. The second kappa shape index (κ2) is 13.4. The Bertz CT molecular complexity index is 445. The maximum atomic E-state index is 5.65. The van der Waals surface area contributed by atoms with Crippen molar-refractivity contribution in [2.45, 2.75) is 116 Å². The second-order valence-electron chi connectivity index (χ2n) is 8.66. The van der Waals surface area contributed by atoms with E-state index in [1.54, 1.807) is 5.57 Å². The third-order valence-corrected chi connectivity index (χ3v) is 6.59. The average Bonchev–Trinajstić information content (AvgIpc) is 2.67. The van der Waals surface area contributed by atoms with Gasteiger partial charge in [0.1, 0.15) is 0 Å². The zero-order valence-electron chi connectivity index (χ0n) is 18.3. The number of unbranched alkanes of at least 4 members (excludes halogenated alkanes) is 6. The largest absolute Gasteiger partial charge is 0.381 e. The Morgan fingerprint density at radius 3 is 2.33 bits per heavy atom. The van der Waals surface area contributed by atoms with Crippen LogP contribution in [0.2, 0.25) is 0 Å². The molecular weight excluding hydrogens is 332 g/mol. The van der Waals surface area contributed by atoms with Gasteiger partial charge in [0.2, 0.25) is 0 Å². The minimum Gasteiger partial charge on any atom is -0.381 e. The summed E-state index contributed by atoms with van der Waals surface area (Å²) in [5.74, 6) is 1.27. The molecule has 3 nitrogen and oxygen atoms in total. The lowest BCUT2D eigenvalue weighted by Gasteiger charge is -2.33. The van der Waals surface area contributed by atoms with E-state index >= 15 is 0 Å². The van der Waals surface area contributed by atoms with Crippen molar-refractivity contribution in [1.29, 1.82) is 0 Å². The van der Waals surface area contributed by atoms with Gasteiger partial charge in [0, 0.05) is 24.9 Å². The molecule has 0 radical (unpaired) electrons. The average molecular weight is 377 g/mol. The minimum absolute atomic E-state index is 0.438. The molecule has 1 saturated carbocycles. The van der Waals surface area contributed by atoms with Gasteiger partial charge in [-0.15, -0.1) is 0 Å². The van der Waals surface area contributed by atoms with Crippen molar-refractivity contribution in [2.75, 3.05) is 7.11 Å². The van der Waals surface area contributed by atoms with Crippen LogP contribution in [-0.4, -0.2) is 18.9 Å². The number of hydrogen-bond acceptors (Lipinski definition) is 3. The summed E-state index contributed by atoms with van der Waals surface area (Å²) in [5.41, 5.74) is 6.34. The highest BCUT2D eigenvalue weighted by Crippen LogP contribution is 2.35. The monoisotopic (exact) mass is 376 g/mol. The van der Waals surface area contributed by atoms with Gasteiger partial charge in [-0.25, -0.2) is 0 Å². The number of nitrogens with one attached hydrogen (secondary N) is 1. The van der Waals surface area contributed by atoms with E-state index in [1.807, 2.05) is 7.11 Å². The van der Waals surface area contributed by atoms with Crippen molar-refractivity contribution < 1.29 is 4.74 Å². The molecular formula is C24H44N2O. The van der Waals surface area contributed by atoms with Crippen LogP contribution in [0.4, 0.5) is 0 Å². The van der Waals surface area contributed by atoms with Crippen LogP contribution in [0, 0.1) is 11.8 Å². The van der Waals surface area contributed by atoms with E-state index in [-0.39, 0.29) is 0 Å². The van der Waals surface area contributed by atoms with Crippen LogP contribution >= 0.6 is 0 Å². The Hall–Kier alpha value is -0.830. The minimum atomic E-state index is 0.438. The first-order valence-electron chi connectivity index (χ1n) is 11.8. The molecule has 2 aliphatic rings. The van der Waals surface area contributed by atoms with Gasteiger partial charge in [0.25, 0.3) is 0 Å². The predicted molar refractivity (Wildman–Crippen MR) is 117 cm³/mol. The first-order valence-corrected chi connectivity index (χ1v) is 11.8. The summed E-state index contributed by atoms with van der Waals surface area (Å²) in [6.45, 7) is 4.60. The fraction of sp³-hybridized carbons (Fsp3) is 0.875. The van der Waals surface area contributed by atoms with Gasteiger partial charge in [0.05, 0.1) is 6.10 Å². The third kappa shape index (κ3) is 7.60. The lowest BCUT2D eigenvalue weighted by atomic mass is 9.76. The molecule has 1 N–H and O–H groups in total. The standard InChI is InChI=1S/C24H44N2O/c1-4-6-8-10-13-20(14-11-9-7-5-2)24-23-16-12-15-22(27-3)18-17-21(23)19-25-26-24/h19-20,22-23,25H,4-18H2,1-3H3. The molecule has 156 valence electrons. The highest BCUT2D eigenvalue weighted by atomic mass is 16.5. The Labute approximate surface area is 168 Å². The Balaban J connectivity index is 1.99. The first-order chi connectivity index (χ1) is 13.3. The van der Waals surface area contributed by atoms with Gasteiger partial charge in [0.15, 0.2) is 0 Å². The lowest BCUT2D eigenvalue weighted by molar-refractivity contribution is 0.0822. The summed E-state index contributed by atoms with van der Waals surface area (Å²) in [5, 5.41) is 4.88. The Kier molecular flexibility index (Phi) is 11.1. The van der Waals surface area contributed by atoms with Gasteiger partial charge >= 0.3 is 0 Å². The second-order valence-corrected chi connectivity index (χ2v) is 8.66. The quantitative estimate of drug-likeness (QED) is 0.373. The molecule has 1 aliphatic heterocycles. The maximum absolute atomic E-state index is 5.65. The molecule has 1 fully saturated rings. The fourth-order valence-electron chi connectivity index (χ4n) is 4.85. The van der Waals surface area contributed by atoms with Crippen molar-refractivity contribution >= 4 is 5.71 Å².